The maximum absolute atomic E-state index is 12.7. The Morgan fingerprint density at radius 2 is 1.77 bits per heavy atom. The van der Waals surface area contributed by atoms with Crippen LogP contribution in [0.4, 0.5) is 0 Å². The number of nitrogens with one attached hydrogen (secondary N) is 1. The van der Waals surface area contributed by atoms with Crippen molar-refractivity contribution in [3.8, 4) is 11.3 Å². The molecule has 0 bridgehead atoms. The van der Waals surface area contributed by atoms with E-state index in [4.69, 9.17) is 0 Å². The summed E-state index contributed by atoms with van der Waals surface area (Å²) in [7, 11) is 0. The van der Waals surface area contributed by atoms with Crippen LogP contribution in [0, 0.1) is 6.92 Å². The first-order chi connectivity index (χ1) is 10.6. The Labute approximate surface area is 133 Å². The fourth-order valence-corrected chi connectivity index (χ4v) is 2.48. The average Bonchev–Trinajstić information content (AvgIpc) is 2.54. The fourth-order valence-electron chi connectivity index (χ4n) is 2.48. The number of aromatic nitrogens is 1. The summed E-state index contributed by atoms with van der Waals surface area (Å²) in [5.74, 6) is 0. The number of rotatable bonds is 6. The zero-order valence-corrected chi connectivity index (χ0v) is 14.0. The number of pyridine rings is 1. The summed E-state index contributed by atoms with van der Waals surface area (Å²) < 4.78 is 1.86. The molecular weight excluding hydrogens is 272 g/mol. The van der Waals surface area contributed by atoms with Gasteiger partial charge in [-0.3, -0.25) is 4.79 Å². The van der Waals surface area contributed by atoms with Crippen LogP contribution >= 0.6 is 0 Å². The van der Waals surface area contributed by atoms with Gasteiger partial charge in [0.2, 0.25) is 0 Å². The molecule has 1 atom stereocenters. The van der Waals surface area contributed by atoms with Gasteiger partial charge in [-0.05, 0) is 38.8 Å². The van der Waals surface area contributed by atoms with Crippen LogP contribution < -0.4 is 10.9 Å². The van der Waals surface area contributed by atoms with Crippen molar-refractivity contribution in [3.63, 3.8) is 0 Å². The number of aryl methyl sites for hydroxylation is 1. The third kappa shape index (κ3) is 3.66. The summed E-state index contributed by atoms with van der Waals surface area (Å²) in [4.78, 5) is 12.7. The first-order valence-electron chi connectivity index (χ1n) is 8.10. The summed E-state index contributed by atoms with van der Waals surface area (Å²) in [6, 6.07) is 12.8. The van der Waals surface area contributed by atoms with E-state index in [0.29, 0.717) is 19.1 Å². The minimum Gasteiger partial charge on any atom is -0.310 e. The highest BCUT2D eigenvalue weighted by atomic mass is 16.1. The quantitative estimate of drug-likeness (QED) is 0.881. The molecule has 22 heavy (non-hydrogen) atoms. The molecule has 0 radical (unpaired) electrons. The van der Waals surface area contributed by atoms with Gasteiger partial charge in [-0.15, -0.1) is 0 Å². The Hall–Kier alpha value is -1.87. The molecule has 0 aliphatic heterocycles. The molecular formula is C19H26N2O. The highest BCUT2D eigenvalue weighted by Gasteiger charge is 2.10. The zero-order valence-electron chi connectivity index (χ0n) is 14.0. The summed E-state index contributed by atoms with van der Waals surface area (Å²) in [5.41, 5.74) is 4.24. The van der Waals surface area contributed by atoms with Crippen molar-refractivity contribution in [2.75, 3.05) is 0 Å². The molecule has 1 heterocycles. The minimum absolute atomic E-state index is 0.108. The van der Waals surface area contributed by atoms with Gasteiger partial charge in [-0.1, -0.05) is 42.8 Å². The molecule has 0 fully saturated rings. The van der Waals surface area contributed by atoms with Crippen LogP contribution in [0.1, 0.15) is 38.3 Å². The molecule has 3 nitrogen and oxygen atoms in total. The molecule has 1 unspecified atom stereocenters. The van der Waals surface area contributed by atoms with E-state index in [-0.39, 0.29) is 5.56 Å². The second-order valence-corrected chi connectivity index (χ2v) is 5.85. The number of nitrogens with zero attached hydrogens (tertiary/aromatic N) is 1. The van der Waals surface area contributed by atoms with Crippen LogP contribution in [0.25, 0.3) is 11.3 Å². The third-order valence-corrected chi connectivity index (χ3v) is 4.17. The van der Waals surface area contributed by atoms with E-state index >= 15 is 0 Å². The molecule has 0 saturated heterocycles. The van der Waals surface area contributed by atoms with Gasteiger partial charge >= 0.3 is 0 Å². The molecule has 0 aliphatic rings. The van der Waals surface area contributed by atoms with Crippen molar-refractivity contribution in [1.29, 1.82) is 0 Å². The predicted octanol–water partition coefficient (Wildman–Crippen LogP) is 3.73. The van der Waals surface area contributed by atoms with Crippen molar-refractivity contribution in [2.45, 2.75) is 53.2 Å². The second kappa shape index (κ2) is 7.41. The van der Waals surface area contributed by atoms with Crippen LogP contribution in [-0.2, 0) is 13.1 Å². The van der Waals surface area contributed by atoms with Crippen LogP contribution in [0.3, 0.4) is 0 Å². The topological polar surface area (TPSA) is 34.0 Å². The SMILES string of the molecule is CCC(C)NCc1ccc(-c2ccc(C)cc2)n(CC)c1=O. The Balaban J connectivity index is 2.36. The van der Waals surface area contributed by atoms with Crippen molar-refractivity contribution in [3.05, 3.63) is 57.9 Å². The van der Waals surface area contributed by atoms with Crippen molar-refractivity contribution in [1.82, 2.24) is 9.88 Å². The van der Waals surface area contributed by atoms with E-state index in [1.54, 1.807) is 0 Å². The first-order valence-corrected chi connectivity index (χ1v) is 8.10. The van der Waals surface area contributed by atoms with Crippen LogP contribution in [0.15, 0.2) is 41.2 Å². The smallest absolute Gasteiger partial charge is 0.255 e. The lowest BCUT2D eigenvalue weighted by atomic mass is 10.1. The van der Waals surface area contributed by atoms with Gasteiger partial charge in [-0.2, -0.15) is 0 Å². The number of benzene rings is 1. The maximum Gasteiger partial charge on any atom is 0.255 e. The molecule has 118 valence electrons. The molecule has 0 spiro atoms. The van der Waals surface area contributed by atoms with E-state index in [1.165, 1.54) is 5.56 Å². The lowest BCUT2D eigenvalue weighted by molar-refractivity contribution is 0.529. The molecule has 1 N–H and O–H groups in total. The second-order valence-electron chi connectivity index (χ2n) is 5.85. The van der Waals surface area contributed by atoms with Gasteiger partial charge < -0.3 is 9.88 Å². The van der Waals surface area contributed by atoms with Gasteiger partial charge in [0.25, 0.3) is 5.56 Å². The van der Waals surface area contributed by atoms with Gasteiger partial charge in [-0.25, -0.2) is 0 Å². The largest absolute Gasteiger partial charge is 0.310 e. The summed E-state index contributed by atoms with van der Waals surface area (Å²) >= 11 is 0. The molecule has 1 aromatic carbocycles. The Morgan fingerprint density at radius 3 is 2.36 bits per heavy atom. The lowest BCUT2D eigenvalue weighted by Gasteiger charge is -2.15. The zero-order chi connectivity index (χ0) is 16.1. The summed E-state index contributed by atoms with van der Waals surface area (Å²) in [5, 5.41) is 3.39. The Bertz CT molecular complexity index is 671. The van der Waals surface area contributed by atoms with Gasteiger partial charge in [0.05, 0.1) is 5.69 Å². The lowest BCUT2D eigenvalue weighted by Crippen LogP contribution is -2.31. The molecule has 0 saturated carbocycles. The molecule has 0 aliphatic carbocycles. The van der Waals surface area contributed by atoms with E-state index in [0.717, 1.165) is 23.2 Å². The van der Waals surface area contributed by atoms with Crippen LogP contribution in [0.2, 0.25) is 0 Å². The Morgan fingerprint density at radius 1 is 1.09 bits per heavy atom. The highest BCUT2D eigenvalue weighted by molar-refractivity contribution is 5.60. The van der Waals surface area contributed by atoms with Crippen LogP contribution in [0.5, 0.6) is 0 Å². The van der Waals surface area contributed by atoms with E-state index in [1.807, 2.05) is 17.6 Å². The predicted molar refractivity (Wildman–Crippen MR) is 93.1 cm³/mol. The minimum atomic E-state index is 0.108. The standard InChI is InChI=1S/C19H26N2O/c1-5-15(4)20-13-17-11-12-18(21(6-2)19(17)22)16-9-7-14(3)8-10-16/h7-12,15,20H,5-6,13H2,1-4H3. The van der Waals surface area contributed by atoms with Gasteiger partial charge in [0.1, 0.15) is 0 Å². The Kier molecular flexibility index (Phi) is 5.56. The molecule has 3 heteroatoms. The van der Waals surface area contributed by atoms with E-state index in [2.05, 4.69) is 56.4 Å². The normalized spacial score (nSPS) is 12.4. The monoisotopic (exact) mass is 298 g/mol. The summed E-state index contributed by atoms with van der Waals surface area (Å²) in [6.07, 6.45) is 1.06. The van der Waals surface area contributed by atoms with E-state index < -0.39 is 0 Å². The number of hydrogen-bond donors (Lipinski definition) is 1. The van der Waals surface area contributed by atoms with Crippen LogP contribution in [-0.4, -0.2) is 10.6 Å². The van der Waals surface area contributed by atoms with Crippen molar-refractivity contribution < 1.29 is 0 Å². The van der Waals surface area contributed by atoms with Gasteiger partial charge in [0, 0.05) is 24.7 Å². The highest BCUT2D eigenvalue weighted by Crippen LogP contribution is 2.19. The molecule has 0 amide bonds. The molecule has 1 aromatic heterocycles. The third-order valence-electron chi connectivity index (χ3n) is 4.17. The fraction of sp³-hybridized carbons (Fsp3) is 0.421. The summed E-state index contributed by atoms with van der Waals surface area (Å²) in [6.45, 7) is 9.67. The first kappa shape index (κ1) is 16.5. The molecule has 2 aromatic rings. The van der Waals surface area contributed by atoms with Crippen molar-refractivity contribution in [2.24, 2.45) is 0 Å². The van der Waals surface area contributed by atoms with Crippen molar-refractivity contribution >= 4 is 0 Å². The maximum atomic E-state index is 12.7. The molecule has 2 rings (SSSR count). The van der Waals surface area contributed by atoms with E-state index in [9.17, 15) is 4.79 Å². The number of hydrogen-bond acceptors (Lipinski definition) is 2. The average molecular weight is 298 g/mol. The van der Waals surface area contributed by atoms with Gasteiger partial charge in [0.15, 0.2) is 0 Å².